The number of benzene rings is 2. The zero-order valence-electron chi connectivity index (χ0n) is 21.8. The maximum absolute atomic E-state index is 14.2. The van der Waals surface area contributed by atoms with Gasteiger partial charge in [-0.15, -0.1) is 0 Å². The van der Waals surface area contributed by atoms with Crippen molar-refractivity contribution < 1.29 is 32.0 Å². The summed E-state index contributed by atoms with van der Waals surface area (Å²) in [7, 11) is 0. The highest BCUT2D eigenvalue weighted by Crippen LogP contribution is 2.38. The summed E-state index contributed by atoms with van der Waals surface area (Å²) in [4.78, 5) is 40.8. The largest absolute Gasteiger partial charge is 0.463 e. The molecule has 0 spiro atoms. The Morgan fingerprint density at radius 1 is 1.21 bits per heavy atom. The lowest BCUT2D eigenvalue weighted by molar-refractivity contribution is -0.385. The van der Waals surface area contributed by atoms with E-state index >= 15 is 0 Å². The van der Waals surface area contributed by atoms with E-state index in [1.807, 2.05) is 0 Å². The molecule has 0 bridgehead atoms. The minimum Gasteiger partial charge on any atom is -0.463 e. The van der Waals surface area contributed by atoms with E-state index in [-0.39, 0.29) is 38.7 Å². The minimum atomic E-state index is -5.03. The first kappa shape index (κ1) is 29.0. The van der Waals surface area contributed by atoms with Gasteiger partial charge < -0.3 is 9.15 Å². The van der Waals surface area contributed by atoms with E-state index in [2.05, 4.69) is 4.99 Å². The number of aryl methyl sites for hydroxylation is 1. The molecular formula is C28H19ClF3N3O6S. The monoisotopic (exact) mass is 617 g/mol. The van der Waals surface area contributed by atoms with Gasteiger partial charge in [0.15, 0.2) is 10.5 Å². The van der Waals surface area contributed by atoms with Gasteiger partial charge in [-0.2, -0.15) is 13.2 Å². The summed E-state index contributed by atoms with van der Waals surface area (Å²) in [5.41, 5.74) is -2.03. The number of nitro benzene ring substituents is 1. The highest BCUT2D eigenvalue weighted by Gasteiger charge is 2.45. The van der Waals surface area contributed by atoms with E-state index in [9.17, 15) is 32.9 Å². The SMILES string of the molecule is CCOC(=O)C1=C(C(F)(F)F)N=c2s/c(=C\c3ccc(-c4ccc(C)c([N+](=O)[O-])c4)o3)c(=O)n2[C@@H]1c1ccc(Cl)cc1. The van der Waals surface area contributed by atoms with Crippen LogP contribution < -0.4 is 14.9 Å². The predicted molar refractivity (Wildman–Crippen MR) is 148 cm³/mol. The average Bonchev–Trinajstić information content (AvgIpc) is 3.52. The smallest absolute Gasteiger partial charge is 0.434 e. The minimum absolute atomic E-state index is 0.0184. The predicted octanol–water partition coefficient (Wildman–Crippen LogP) is 5.47. The Balaban J connectivity index is 1.68. The molecule has 0 radical (unpaired) electrons. The number of ether oxygens (including phenoxy) is 1. The molecule has 1 atom stereocenters. The summed E-state index contributed by atoms with van der Waals surface area (Å²) in [6.45, 7) is 2.85. The number of nitro groups is 1. The van der Waals surface area contributed by atoms with Crippen LogP contribution >= 0.6 is 22.9 Å². The summed E-state index contributed by atoms with van der Waals surface area (Å²) >= 11 is 6.67. The quantitative estimate of drug-likeness (QED) is 0.161. The molecule has 0 saturated carbocycles. The third-order valence-electron chi connectivity index (χ3n) is 6.37. The fraction of sp³-hybridized carbons (Fsp3) is 0.179. The Morgan fingerprint density at radius 3 is 2.57 bits per heavy atom. The second-order valence-corrected chi connectivity index (χ2v) is 10.5. The van der Waals surface area contributed by atoms with Crippen LogP contribution in [0, 0.1) is 17.0 Å². The van der Waals surface area contributed by atoms with Gasteiger partial charge in [-0.25, -0.2) is 9.79 Å². The van der Waals surface area contributed by atoms with Crippen molar-refractivity contribution in [2.45, 2.75) is 26.1 Å². The van der Waals surface area contributed by atoms with Crippen LogP contribution in [0.4, 0.5) is 18.9 Å². The number of carbonyl (C=O) groups is 1. The van der Waals surface area contributed by atoms with Crippen molar-refractivity contribution in [1.82, 2.24) is 4.57 Å². The number of aromatic nitrogens is 1. The van der Waals surface area contributed by atoms with Crippen LogP contribution in [0.5, 0.6) is 0 Å². The number of hydrogen-bond donors (Lipinski definition) is 0. The van der Waals surface area contributed by atoms with Crippen molar-refractivity contribution in [2.75, 3.05) is 6.61 Å². The molecule has 5 rings (SSSR count). The summed E-state index contributed by atoms with van der Waals surface area (Å²) < 4.78 is 54.4. The second-order valence-electron chi connectivity index (χ2n) is 9.08. The van der Waals surface area contributed by atoms with Gasteiger partial charge in [0, 0.05) is 28.3 Å². The number of fused-ring (bicyclic) bond motifs is 1. The Kier molecular flexibility index (Phi) is 7.64. The number of hydrogen-bond acceptors (Lipinski definition) is 8. The number of carbonyl (C=O) groups excluding carboxylic acids is 1. The lowest BCUT2D eigenvalue weighted by atomic mass is 9.95. The van der Waals surface area contributed by atoms with Crippen molar-refractivity contribution in [2.24, 2.45) is 4.99 Å². The molecule has 0 amide bonds. The van der Waals surface area contributed by atoms with Gasteiger partial charge in [-0.05, 0) is 43.7 Å². The first-order valence-electron chi connectivity index (χ1n) is 12.3. The Morgan fingerprint density at radius 2 is 1.93 bits per heavy atom. The summed E-state index contributed by atoms with van der Waals surface area (Å²) in [6, 6.07) is 11.8. The van der Waals surface area contributed by atoms with Gasteiger partial charge in [0.25, 0.3) is 11.2 Å². The van der Waals surface area contributed by atoms with Crippen LogP contribution in [0.25, 0.3) is 17.4 Å². The zero-order valence-corrected chi connectivity index (χ0v) is 23.3. The van der Waals surface area contributed by atoms with Gasteiger partial charge >= 0.3 is 12.1 Å². The topological polar surface area (TPSA) is 117 Å². The number of furan rings is 1. The van der Waals surface area contributed by atoms with Crippen molar-refractivity contribution in [3.63, 3.8) is 0 Å². The van der Waals surface area contributed by atoms with Gasteiger partial charge in [0.2, 0.25) is 0 Å². The molecule has 1 aliphatic rings. The Labute approximate surface area is 243 Å². The standard InChI is InChI=1S/C28H19ClF3N3O6S/c1-3-40-26(37)22-23(15-6-8-17(29)9-7-15)34-25(36)21(42-27(34)33-24(22)28(30,31)32)13-18-10-11-20(41-18)16-5-4-14(2)19(12-16)35(38)39/h4-13,23H,3H2,1-2H3/b21-13-/t23-/m1/s1. The molecule has 4 aromatic rings. The first-order valence-corrected chi connectivity index (χ1v) is 13.5. The number of thiazole rings is 1. The van der Waals surface area contributed by atoms with E-state index < -0.39 is 39.9 Å². The van der Waals surface area contributed by atoms with Crippen LogP contribution in [-0.4, -0.2) is 28.2 Å². The molecular weight excluding hydrogens is 599 g/mol. The van der Waals surface area contributed by atoms with Crippen LogP contribution in [0.3, 0.4) is 0 Å². The molecule has 0 fully saturated rings. The maximum atomic E-state index is 14.2. The Bertz CT molecular complexity index is 1940. The third kappa shape index (κ3) is 5.40. The van der Waals surface area contributed by atoms with Crippen LogP contribution in [0.1, 0.15) is 29.9 Å². The molecule has 42 heavy (non-hydrogen) atoms. The molecule has 14 heteroatoms. The number of esters is 1. The van der Waals surface area contributed by atoms with Crippen LogP contribution in [0.2, 0.25) is 5.02 Å². The molecule has 3 heterocycles. The number of alkyl halides is 3. The van der Waals surface area contributed by atoms with E-state index in [1.165, 1.54) is 49.4 Å². The zero-order chi connectivity index (χ0) is 30.3. The molecule has 216 valence electrons. The summed E-state index contributed by atoms with van der Waals surface area (Å²) in [6.07, 6.45) is -3.70. The molecule has 1 aliphatic heterocycles. The van der Waals surface area contributed by atoms with E-state index in [4.69, 9.17) is 20.8 Å². The van der Waals surface area contributed by atoms with Crippen molar-refractivity contribution in [1.29, 1.82) is 0 Å². The number of rotatable bonds is 6. The summed E-state index contributed by atoms with van der Waals surface area (Å²) in [5.74, 6) is -0.812. The molecule has 2 aromatic carbocycles. The molecule has 9 nitrogen and oxygen atoms in total. The van der Waals surface area contributed by atoms with Crippen LogP contribution in [-0.2, 0) is 9.53 Å². The molecule has 0 N–H and O–H groups in total. The lowest BCUT2D eigenvalue weighted by Gasteiger charge is -2.26. The maximum Gasteiger partial charge on any atom is 0.434 e. The second kappa shape index (κ2) is 11.1. The number of nitrogens with zero attached hydrogens (tertiary/aromatic N) is 3. The number of halogens is 4. The van der Waals surface area contributed by atoms with Gasteiger partial charge in [0.1, 0.15) is 11.5 Å². The highest BCUT2D eigenvalue weighted by molar-refractivity contribution is 7.07. The molecule has 0 saturated heterocycles. The van der Waals surface area contributed by atoms with Crippen molar-refractivity contribution in [3.8, 4) is 11.3 Å². The lowest BCUT2D eigenvalue weighted by Crippen LogP contribution is -2.41. The van der Waals surface area contributed by atoms with E-state index in [0.717, 1.165) is 4.57 Å². The molecule has 0 unspecified atom stereocenters. The van der Waals surface area contributed by atoms with Crippen LogP contribution in [0.15, 0.2) is 80.1 Å². The average molecular weight is 618 g/mol. The Hall–Kier alpha value is -4.49. The molecule has 2 aromatic heterocycles. The van der Waals surface area contributed by atoms with Gasteiger partial charge in [-0.3, -0.25) is 19.5 Å². The highest BCUT2D eigenvalue weighted by atomic mass is 35.5. The number of allylic oxidation sites excluding steroid dienone is 1. The van der Waals surface area contributed by atoms with E-state index in [1.54, 1.807) is 25.1 Å². The third-order valence-corrected chi connectivity index (χ3v) is 7.61. The first-order chi connectivity index (χ1) is 19.9. The fourth-order valence-electron chi connectivity index (χ4n) is 4.47. The van der Waals surface area contributed by atoms with Gasteiger partial charge in [-0.1, -0.05) is 47.2 Å². The normalized spacial score (nSPS) is 15.4. The summed E-state index contributed by atoms with van der Waals surface area (Å²) in [5, 5.41) is 11.6. The van der Waals surface area contributed by atoms with Crippen molar-refractivity contribution in [3.05, 3.63) is 118 Å². The van der Waals surface area contributed by atoms with Gasteiger partial charge in [0.05, 0.1) is 27.7 Å². The van der Waals surface area contributed by atoms with Crippen molar-refractivity contribution >= 4 is 40.7 Å². The molecule has 0 aliphatic carbocycles. The van der Waals surface area contributed by atoms with E-state index in [0.29, 0.717) is 27.5 Å². The fourth-order valence-corrected chi connectivity index (χ4v) is 5.58.